The van der Waals surface area contributed by atoms with Crippen molar-refractivity contribution in [2.75, 3.05) is 6.54 Å². The number of hydrogen-bond donors (Lipinski definition) is 0. The molecule has 20 heavy (non-hydrogen) atoms. The lowest BCUT2D eigenvalue weighted by Gasteiger charge is -2.42. The Labute approximate surface area is 119 Å². The van der Waals surface area contributed by atoms with Crippen molar-refractivity contribution in [3.8, 4) is 0 Å². The second-order valence-electron chi connectivity index (χ2n) is 5.57. The van der Waals surface area contributed by atoms with Gasteiger partial charge in [0.1, 0.15) is 12.1 Å². The molecule has 2 aliphatic rings. The fourth-order valence-corrected chi connectivity index (χ4v) is 3.32. The second kappa shape index (κ2) is 5.27. The van der Waals surface area contributed by atoms with Gasteiger partial charge in [-0.25, -0.2) is 0 Å². The maximum absolute atomic E-state index is 12.7. The molecule has 2 unspecified atom stereocenters. The fraction of sp³-hybridized carbons (Fsp3) is 0.500. The summed E-state index contributed by atoms with van der Waals surface area (Å²) in [5.74, 6) is 0.253. The maximum Gasteiger partial charge on any atom is 0.246 e. The number of carbonyl (C=O) groups excluding carboxylic acids is 2. The molecule has 2 fully saturated rings. The molecule has 2 saturated heterocycles. The number of benzene rings is 1. The standard InChI is InChI=1S/C16H20N2O2/c1-2-13-15(19)17-10-6-9-14(17)16(20)18(13)11-12-7-4-3-5-8-12/h3-5,7-8,13-14H,2,6,9-11H2,1H3. The van der Waals surface area contributed by atoms with E-state index < -0.39 is 0 Å². The number of fused-ring (bicyclic) bond motifs is 1. The van der Waals surface area contributed by atoms with Gasteiger partial charge in [0.2, 0.25) is 11.8 Å². The average Bonchev–Trinajstić information content (AvgIpc) is 2.96. The van der Waals surface area contributed by atoms with E-state index in [1.165, 1.54) is 0 Å². The van der Waals surface area contributed by atoms with Crippen LogP contribution in [0.3, 0.4) is 0 Å². The van der Waals surface area contributed by atoms with E-state index in [-0.39, 0.29) is 23.9 Å². The topological polar surface area (TPSA) is 40.6 Å². The van der Waals surface area contributed by atoms with E-state index in [4.69, 9.17) is 0 Å². The average molecular weight is 272 g/mol. The van der Waals surface area contributed by atoms with Crippen molar-refractivity contribution in [3.63, 3.8) is 0 Å². The van der Waals surface area contributed by atoms with Crippen LogP contribution in [-0.2, 0) is 16.1 Å². The third kappa shape index (κ3) is 2.09. The van der Waals surface area contributed by atoms with E-state index in [1.807, 2.05) is 37.3 Å². The quantitative estimate of drug-likeness (QED) is 0.842. The molecule has 3 rings (SSSR count). The van der Waals surface area contributed by atoms with Crippen molar-refractivity contribution < 1.29 is 9.59 Å². The Morgan fingerprint density at radius 1 is 1.15 bits per heavy atom. The lowest BCUT2D eigenvalue weighted by molar-refractivity contribution is -0.160. The molecular formula is C16H20N2O2. The predicted octanol–water partition coefficient (Wildman–Crippen LogP) is 1.80. The molecule has 0 aromatic heterocycles. The van der Waals surface area contributed by atoms with Gasteiger partial charge in [-0.15, -0.1) is 0 Å². The lowest BCUT2D eigenvalue weighted by Crippen LogP contribution is -2.62. The van der Waals surface area contributed by atoms with E-state index in [9.17, 15) is 9.59 Å². The van der Waals surface area contributed by atoms with E-state index >= 15 is 0 Å². The maximum atomic E-state index is 12.7. The third-order valence-corrected chi connectivity index (χ3v) is 4.35. The highest BCUT2D eigenvalue weighted by Gasteiger charge is 2.46. The van der Waals surface area contributed by atoms with Crippen molar-refractivity contribution in [1.82, 2.24) is 9.80 Å². The number of rotatable bonds is 3. The zero-order valence-corrected chi connectivity index (χ0v) is 11.8. The summed E-state index contributed by atoms with van der Waals surface area (Å²) in [4.78, 5) is 28.7. The van der Waals surface area contributed by atoms with Crippen molar-refractivity contribution in [1.29, 1.82) is 0 Å². The summed E-state index contributed by atoms with van der Waals surface area (Å²) in [6.07, 6.45) is 2.44. The van der Waals surface area contributed by atoms with E-state index in [0.29, 0.717) is 13.0 Å². The van der Waals surface area contributed by atoms with Gasteiger partial charge >= 0.3 is 0 Å². The zero-order valence-electron chi connectivity index (χ0n) is 11.8. The van der Waals surface area contributed by atoms with Crippen molar-refractivity contribution in [2.24, 2.45) is 0 Å². The van der Waals surface area contributed by atoms with Gasteiger partial charge in [0.25, 0.3) is 0 Å². The van der Waals surface area contributed by atoms with Gasteiger partial charge in [0.15, 0.2) is 0 Å². The number of piperazine rings is 1. The molecule has 0 spiro atoms. The molecule has 2 aliphatic heterocycles. The summed E-state index contributed by atoms with van der Waals surface area (Å²) >= 11 is 0. The molecule has 4 nitrogen and oxygen atoms in total. The van der Waals surface area contributed by atoms with E-state index in [2.05, 4.69) is 0 Å². The Balaban J connectivity index is 1.87. The van der Waals surface area contributed by atoms with Gasteiger partial charge in [0, 0.05) is 13.1 Å². The normalized spacial score (nSPS) is 26.1. The molecule has 0 bridgehead atoms. The monoisotopic (exact) mass is 272 g/mol. The van der Waals surface area contributed by atoms with Crippen LogP contribution in [0.2, 0.25) is 0 Å². The minimum atomic E-state index is -0.294. The first-order valence-corrected chi connectivity index (χ1v) is 7.37. The summed E-state index contributed by atoms with van der Waals surface area (Å²) in [6.45, 7) is 3.25. The minimum Gasteiger partial charge on any atom is -0.329 e. The SMILES string of the molecule is CCC1C(=O)N2CCCC2C(=O)N1Cc1ccccc1. The summed E-state index contributed by atoms with van der Waals surface area (Å²) in [6, 6.07) is 9.40. The van der Waals surface area contributed by atoms with Gasteiger partial charge in [-0.1, -0.05) is 37.3 Å². The fourth-order valence-electron chi connectivity index (χ4n) is 3.32. The molecule has 0 N–H and O–H groups in total. The van der Waals surface area contributed by atoms with Crippen molar-refractivity contribution in [2.45, 2.75) is 44.8 Å². The molecule has 106 valence electrons. The Morgan fingerprint density at radius 2 is 1.90 bits per heavy atom. The first-order valence-electron chi connectivity index (χ1n) is 7.37. The lowest BCUT2D eigenvalue weighted by atomic mass is 10.0. The number of nitrogens with zero attached hydrogens (tertiary/aromatic N) is 2. The second-order valence-corrected chi connectivity index (χ2v) is 5.57. The number of carbonyl (C=O) groups is 2. The van der Waals surface area contributed by atoms with Gasteiger partial charge in [-0.05, 0) is 24.8 Å². The van der Waals surface area contributed by atoms with Crippen LogP contribution in [0.25, 0.3) is 0 Å². The first kappa shape index (κ1) is 13.2. The summed E-state index contributed by atoms with van der Waals surface area (Å²) in [5.41, 5.74) is 1.08. The Kier molecular flexibility index (Phi) is 3.47. The highest BCUT2D eigenvalue weighted by Crippen LogP contribution is 2.29. The molecule has 1 aromatic rings. The van der Waals surface area contributed by atoms with Crippen LogP contribution in [0.1, 0.15) is 31.7 Å². The summed E-state index contributed by atoms with van der Waals surface area (Å²) in [7, 11) is 0. The molecule has 1 aromatic carbocycles. The molecule has 0 saturated carbocycles. The zero-order chi connectivity index (χ0) is 14.1. The van der Waals surface area contributed by atoms with Gasteiger partial charge in [-0.2, -0.15) is 0 Å². The van der Waals surface area contributed by atoms with Crippen LogP contribution in [0.15, 0.2) is 30.3 Å². The molecule has 2 heterocycles. The Morgan fingerprint density at radius 3 is 2.60 bits per heavy atom. The molecule has 2 atom stereocenters. The van der Waals surface area contributed by atoms with Gasteiger partial charge in [-0.3, -0.25) is 9.59 Å². The Hall–Kier alpha value is -1.84. The highest BCUT2D eigenvalue weighted by atomic mass is 16.2. The van der Waals surface area contributed by atoms with E-state index in [0.717, 1.165) is 24.9 Å². The van der Waals surface area contributed by atoms with Crippen LogP contribution < -0.4 is 0 Å². The summed E-state index contributed by atoms with van der Waals surface area (Å²) in [5, 5.41) is 0. The van der Waals surface area contributed by atoms with Crippen LogP contribution in [0.4, 0.5) is 0 Å². The van der Waals surface area contributed by atoms with Crippen molar-refractivity contribution >= 4 is 11.8 Å². The van der Waals surface area contributed by atoms with Crippen LogP contribution in [0.5, 0.6) is 0 Å². The summed E-state index contributed by atoms with van der Waals surface area (Å²) < 4.78 is 0. The largest absolute Gasteiger partial charge is 0.329 e. The third-order valence-electron chi connectivity index (χ3n) is 4.35. The van der Waals surface area contributed by atoms with Crippen LogP contribution in [-0.4, -0.2) is 40.2 Å². The first-order chi connectivity index (χ1) is 9.72. The van der Waals surface area contributed by atoms with Gasteiger partial charge in [0.05, 0.1) is 0 Å². The predicted molar refractivity (Wildman–Crippen MR) is 75.8 cm³/mol. The minimum absolute atomic E-state index is 0.123. The number of amides is 2. The van der Waals surface area contributed by atoms with Crippen molar-refractivity contribution in [3.05, 3.63) is 35.9 Å². The van der Waals surface area contributed by atoms with Gasteiger partial charge < -0.3 is 9.80 Å². The molecule has 0 aliphatic carbocycles. The molecule has 2 amide bonds. The smallest absolute Gasteiger partial charge is 0.246 e. The Bertz CT molecular complexity index is 514. The molecule has 4 heteroatoms. The van der Waals surface area contributed by atoms with Crippen LogP contribution in [0, 0.1) is 0 Å². The highest BCUT2D eigenvalue weighted by molar-refractivity contribution is 5.97. The van der Waals surface area contributed by atoms with Crippen LogP contribution >= 0.6 is 0 Å². The molecular weight excluding hydrogens is 252 g/mol. The number of hydrogen-bond acceptors (Lipinski definition) is 2. The molecule has 0 radical (unpaired) electrons. The van der Waals surface area contributed by atoms with E-state index in [1.54, 1.807) is 9.80 Å².